The average molecular weight is 390 g/mol. The van der Waals surface area contributed by atoms with Gasteiger partial charge in [-0.2, -0.15) is 0 Å². The molecule has 0 unspecified atom stereocenters. The van der Waals surface area contributed by atoms with Gasteiger partial charge < -0.3 is 10.6 Å². The molecule has 1 amide bonds. The van der Waals surface area contributed by atoms with Crippen molar-refractivity contribution in [1.82, 2.24) is 20.3 Å². The van der Waals surface area contributed by atoms with Crippen molar-refractivity contribution in [3.8, 4) is 0 Å². The summed E-state index contributed by atoms with van der Waals surface area (Å²) in [6, 6.07) is 6.90. The molecule has 8 heteroatoms. The normalized spacial score (nSPS) is 10.8. The Morgan fingerprint density at radius 1 is 1.04 bits per heavy atom. The molecule has 2 heterocycles. The average Bonchev–Trinajstić information content (AvgIpc) is 2.60. The molecule has 0 atom stereocenters. The maximum absolute atomic E-state index is 12.3. The van der Waals surface area contributed by atoms with Crippen molar-refractivity contribution < 1.29 is 4.79 Å². The molecule has 1 aromatic carbocycles. The Bertz CT molecular complexity index is 977. The third-order valence-corrected chi connectivity index (χ3v) is 4.34. The molecular weight excluding hydrogens is 373 g/mol. The monoisotopic (exact) mass is 389 g/mol. The highest BCUT2D eigenvalue weighted by Gasteiger charge is 2.09. The van der Waals surface area contributed by atoms with Crippen LogP contribution in [0.4, 0.5) is 5.82 Å². The molecule has 0 fully saturated rings. The van der Waals surface area contributed by atoms with Gasteiger partial charge in [-0.25, -0.2) is 15.0 Å². The number of pyridine rings is 1. The Hall–Kier alpha value is -2.44. The summed E-state index contributed by atoms with van der Waals surface area (Å²) in [6.45, 7) is 4.70. The quantitative estimate of drug-likeness (QED) is 0.648. The van der Waals surface area contributed by atoms with Gasteiger partial charge in [0.05, 0.1) is 32.5 Å². The molecule has 0 aliphatic carbocycles. The molecule has 2 N–H and O–H groups in total. The summed E-state index contributed by atoms with van der Waals surface area (Å²) < 4.78 is 0. The molecule has 0 radical (unpaired) electrons. The van der Waals surface area contributed by atoms with E-state index in [9.17, 15) is 4.79 Å². The second kappa shape index (κ2) is 7.85. The van der Waals surface area contributed by atoms with E-state index < -0.39 is 0 Å². The number of hydrogen-bond acceptors (Lipinski definition) is 5. The Labute approximate surface area is 161 Å². The molecule has 134 valence electrons. The Balaban J connectivity index is 1.59. The number of amides is 1. The predicted octanol–water partition coefficient (Wildman–Crippen LogP) is 3.79. The molecule has 0 spiro atoms. The first kappa shape index (κ1) is 18.4. The van der Waals surface area contributed by atoms with E-state index in [0.717, 1.165) is 16.9 Å². The van der Waals surface area contributed by atoms with Crippen LogP contribution in [-0.4, -0.2) is 33.9 Å². The molecule has 6 nitrogen and oxygen atoms in total. The third kappa shape index (κ3) is 4.20. The smallest absolute Gasteiger partial charge is 0.251 e. The van der Waals surface area contributed by atoms with E-state index in [4.69, 9.17) is 23.2 Å². The Morgan fingerprint density at radius 2 is 1.77 bits per heavy atom. The lowest BCUT2D eigenvalue weighted by molar-refractivity contribution is 0.0955. The van der Waals surface area contributed by atoms with Crippen molar-refractivity contribution in [1.29, 1.82) is 0 Å². The molecular formula is C18H17Cl2N5O. The Morgan fingerprint density at radius 3 is 2.50 bits per heavy atom. The zero-order valence-corrected chi connectivity index (χ0v) is 15.8. The number of carbonyl (C=O) groups excluding carboxylic acids is 1. The molecule has 0 saturated heterocycles. The van der Waals surface area contributed by atoms with Gasteiger partial charge in [0.1, 0.15) is 5.82 Å². The van der Waals surface area contributed by atoms with Gasteiger partial charge in [-0.15, -0.1) is 0 Å². The van der Waals surface area contributed by atoms with Crippen molar-refractivity contribution >= 4 is 46.0 Å². The van der Waals surface area contributed by atoms with E-state index in [1.54, 1.807) is 24.3 Å². The Kier molecular flexibility index (Phi) is 5.54. The summed E-state index contributed by atoms with van der Waals surface area (Å²) in [5, 5.41) is 6.80. The van der Waals surface area contributed by atoms with Gasteiger partial charge >= 0.3 is 0 Å². The van der Waals surface area contributed by atoms with Crippen LogP contribution >= 0.6 is 23.2 Å². The minimum atomic E-state index is -0.177. The topological polar surface area (TPSA) is 79.8 Å². The summed E-state index contributed by atoms with van der Waals surface area (Å²) in [7, 11) is 0. The van der Waals surface area contributed by atoms with Crippen LogP contribution in [-0.2, 0) is 0 Å². The molecule has 26 heavy (non-hydrogen) atoms. The first-order valence-electron chi connectivity index (χ1n) is 8.02. The van der Waals surface area contributed by atoms with Crippen molar-refractivity contribution in [3.63, 3.8) is 0 Å². The summed E-state index contributed by atoms with van der Waals surface area (Å²) in [6.07, 6.45) is 1.51. The fourth-order valence-electron chi connectivity index (χ4n) is 2.38. The lowest BCUT2D eigenvalue weighted by atomic mass is 10.1. The minimum Gasteiger partial charge on any atom is -0.367 e. The molecule has 0 aliphatic rings. The SMILES string of the molecule is Cc1nc2ccc(C(=O)NCCNc3ncc(Cl)cc3Cl)cc2nc1C. The number of fused-ring (bicyclic) bond motifs is 1. The van der Waals surface area contributed by atoms with Gasteiger partial charge in [-0.3, -0.25) is 4.79 Å². The predicted molar refractivity (Wildman–Crippen MR) is 104 cm³/mol. The maximum Gasteiger partial charge on any atom is 0.251 e. The number of hydrogen-bond donors (Lipinski definition) is 2. The number of nitrogens with zero attached hydrogens (tertiary/aromatic N) is 3. The summed E-state index contributed by atoms with van der Waals surface area (Å²) in [4.78, 5) is 25.4. The summed E-state index contributed by atoms with van der Waals surface area (Å²) in [5.74, 6) is 0.348. The first-order valence-corrected chi connectivity index (χ1v) is 8.78. The molecule has 2 aromatic heterocycles. The van der Waals surface area contributed by atoms with Gasteiger partial charge in [0.25, 0.3) is 5.91 Å². The third-order valence-electron chi connectivity index (χ3n) is 3.85. The van der Waals surface area contributed by atoms with Crippen molar-refractivity contribution in [2.24, 2.45) is 0 Å². The highest BCUT2D eigenvalue weighted by molar-refractivity contribution is 6.35. The van der Waals surface area contributed by atoms with Gasteiger partial charge in [0.2, 0.25) is 0 Å². The lowest BCUT2D eigenvalue weighted by Gasteiger charge is -2.09. The minimum absolute atomic E-state index is 0.177. The van der Waals surface area contributed by atoms with E-state index in [-0.39, 0.29) is 5.91 Å². The summed E-state index contributed by atoms with van der Waals surface area (Å²) >= 11 is 11.8. The van der Waals surface area contributed by atoms with E-state index in [1.807, 2.05) is 13.8 Å². The number of anilines is 1. The van der Waals surface area contributed by atoms with Gasteiger partial charge in [-0.1, -0.05) is 23.2 Å². The second-order valence-corrected chi connectivity index (χ2v) is 6.61. The second-order valence-electron chi connectivity index (χ2n) is 5.76. The van der Waals surface area contributed by atoms with Gasteiger partial charge in [0, 0.05) is 24.8 Å². The fraction of sp³-hybridized carbons (Fsp3) is 0.222. The molecule has 0 aliphatic heterocycles. The number of halogens is 2. The van der Waals surface area contributed by atoms with Crippen LogP contribution in [0.5, 0.6) is 0 Å². The van der Waals surface area contributed by atoms with Gasteiger partial charge in [0.15, 0.2) is 0 Å². The van der Waals surface area contributed by atoms with Crippen molar-refractivity contribution in [2.75, 3.05) is 18.4 Å². The highest BCUT2D eigenvalue weighted by Crippen LogP contribution is 2.22. The number of rotatable bonds is 5. The molecule has 3 rings (SSSR count). The fourth-order valence-corrected chi connectivity index (χ4v) is 2.82. The van der Waals surface area contributed by atoms with Crippen LogP contribution in [0.15, 0.2) is 30.5 Å². The highest BCUT2D eigenvalue weighted by atomic mass is 35.5. The maximum atomic E-state index is 12.3. The van der Waals surface area contributed by atoms with Crippen LogP contribution in [0.1, 0.15) is 21.7 Å². The number of benzene rings is 1. The number of carbonyl (C=O) groups is 1. The van der Waals surface area contributed by atoms with E-state index in [0.29, 0.717) is 40.0 Å². The molecule has 3 aromatic rings. The molecule has 0 saturated carbocycles. The van der Waals surface area contributed by atoms with Crippen LogP contribution < -0.4 is 10.6 Å². The van der Waals surface area contributed by atoms with Crippen LogP contribution in [0.25, 0.3) is 11.0 Å². The lowest BCUT2D eigenvalue weighted by Crippen LogP contribution is -2.28. The van der Waals surface area contributed by atoms with E-state index in [1.165, 1.54) is 6.20 Å². The standard InChI is InChI=1S/C18H17Cl2N5O/c1-10-11(2)25-16-7-12(3-4-15(16)24-10)18(26)22-6-5-21-17-14(20)8-13(19)9-23-17/h3-4,7-9H,5-6H2,1-2H3,(H,21,23)(H,22,26). The van der Waals surface area contributed by atoms with Crippen LogP contribution in [0, 0.1) is 13.8 Å². The van der Waals surface area contributed by atoms with Crippen molar-refractivity contribution in [3.05, 3.63) is 57.5 Å². The van der Waals surface area contributed by atoms with Crippen molar-refractivity contribution in [2.45, 2.75) is 13.8 Å². The molecule has 0 bridgehead atoms. The van der Waals surface area contributed by atoms with E-state index in [2.05, 4.69) is 25.6 Å². The first-order chi connectivity index (χ1) is 12.4. The van der Waals surface area contributed by atoms with Crippen LogP contribution in [0.3, 0.4) is 0 Å². The zero-order valence-electron chi connectivity index (χ0n) is 14.3. The number of aromatic nitrogens is 3. The van der Waals surface area contributed by atoms with Gasteiger partial charge in [-0.05, 0) is 38.1 Å². The number of aryl methyl sites for hydroxylation is 2. The number of nitrogens with one attached hydrogen (secondary N) is 2. The largest absolute Gasteiger partial charge is 0.367 e. The van der Waals surface area contributed by atoms with Crippen LogP contribution in [0.2, 0.25) is 10.0 Å². The van der Waals surface area contributed by atoms with E-state index >= 15 is 0 Å². The zero-order chi connectivity index (χ0) is 18.7. The summed E-state index contributed by atoms with van der Waals surface area (Å²) in [5.41, 5.74) is 3.75.